The van der Waals surface area contributed by atoms with Gasteiger partial charge in [0.15, 0.2) is 0 Å². The van der Waals surface area contributed by atoms with Crippen molar-refractivity contribution in [3.8, 4) is 0 Å². The summed E-state index contributed by atoms with van der Waals surface area (Å²) in [7, 11) is 1.70. The third kappa shape index (κ3) is 3.40. The summed E-state index contributed by atoms with van der Waals surface area (Å²) >= 11 is 0. The fraction of sp³-hybridized carbons (Fsp3) is 0.545. The molecule has 1 aromatic heterocycles. The highest BCUT2D eigenvalue weighted by Crippen LogP contribution is 2.14. The van der Waals surface area contributed by atoms with Crippen LogP contribution in [0.15, 0.2) is 18.2 Å². The molecule has 4 heteroatoms. The zero-order chi connectivity index (χ0) is 11.3. The Labute approximate surface area is 91.1 Å². The molecule has 0 radical (unpaired) electrons. The van der Waals surface area contributed by atoms with Gasteiger partial charge in [-0.15, -0.1) is 0 Å². The van der Waals surface area contributed by atoms with Gasteiger partial charge in [0.1, 0.15) is 11.6 Å². The van der Waals surface area contributed by atoms with Gasteiger partial charge in [-0.1, -0.05) is 6.07 Å². The van der Waals surface area contributed by atoms with Crippen LogP contribution in [0.5, 0.6) is 0 Å². The number of nitrogens with two attached hydrogens (primary N) is 1. The maximum absolute atomic E-state index is 5.66. The van der Waals surface area contributed by atoms with Crippen LogP contribution in [0.3, 0.4) is 0 Å². The lowest BCUT2D eigenvalue weighted by Gasteiger charge is -2.27. The molecule has 0 saturated heterocycles. The van der Waals surface area contributed by atoms with Crippen molar-refractivity contribution in [1.82, 2.24) is 4.98 Å². The Hall–Kier alpha value is -1.29. The fourth-order valence-electron chi connectivity index (χ4n) is 1.43. The van der Waals surface area contributed by atoms with E-state index in [2.05, 4.69) is 23.7 Å². The third-order valence-electron chi connectivity index (χ3n) is 2.21. The minimum absolute atomic E-state index is 0.384. The highest BCUT2D eigenvalue weighted by atomic mass is 16.5. The van der Waals surface area contributed by atoms with E-state index in [1.165, 1.54) is 0 Å². The molecular weight excluding hydrogens is 190 g/mol. The van der Waals surface area contributed by atoms with Crippen molar-refractivity contribution in [2.24, 2.45) is 0 Å². The molecule has 1 rings (SSSR count). The second kappa shape index (κ2) is 5.56. The molecule has 0 aromatic carbocycles. The lowest BCUT2D eigenvalue weighted by atomic mass is 10.3. The van der Waals surface area contributed by atoms with Gasteiger partial charge in [0.25, 0.3) is 0 Å². The first-order valence-electron chi connectivity index (χ1n) is 5.13. The van der Waals surface area contributed by atoms with Crippen molar-refractivity contribution in [3.63, 3.8) is 0 Å². The number of methoxy groups -OCH3 is 1. The van der Waals surface area contributed by atoms with E-state index in [1.54, 1.807) is 13.2 Å². The van der Waals surface area contributed by atoms with E-state index in [1.807, 2.05) is 12.1 Å². The monoisotopic (exact) mass is 209 g/mol. The molecule has 0 bridgehead atoms. The molecule has 0 atom stereocenters. The van der Waals surface area contributed by atoms with E-state index in [0.29, 0.717) is 18.5 Å². The van der Waals surface area contributed by atoms with Crippen molar-refractivity contribution >= 4 is 11.6 Å². The van der Waals surface area contributed by atoms with Gasteiger partial charge in [-0.2, -0.15) is 0 Å². The Balaban J connectivity index is 2.79. The van der Waals surface area contributed by atoms with Crippen LogP contribution in [-0.4, -0.2) is 31.3 Å². The first-order chi connectivity index (χ1) is 7.15. The quantitative estimate of drug-likeness (QED) is 0.799. The molecule has 1 aromatic rings. The van der Waals surface area contributed by atoms with Gasteiger partial charge in [-0.3, -0.25) is 0 Å². The number of aromatic nitrogens is 1. The van der Waals surface area contributed by atoms with Crippen LogP contribution in [-0.2, 0) is 4.74 Å². The number of nitrogen functional groups attached to an aromatic ring is 1. The van der Waals surface area contributed by atoms with E-state index >= 15 is 0 Å². The molecule has 0 unspecified atom stereocenters. The number of rotatable bonds is 5. The SMILES string of the molecule is COCCN(c1cccc(N)n1)C(C)C. The van der Waals surface area contributed by atoms with E-state index in [9.17, 15) is 0 Å². The molecule has 15 heavy (non-hydrogen) atoms. The molecule has 0 saturated carbocycles. The molecule has 0 aliphatic carbocycles. The van der Waals surface area contributed by atoms with Crippen LogP contribution in [0.1, 0.15) is 13.8 Å². The number of nitrogens with zero attached hydrogens (tertiary/aromatic N) is 2. The number of ether oxygens (including phenoxy) is 1. The molecule has 0 spiro atoms. The zero-order valence-corrected chi connectivity index (χ0v) is 9.60. The normalized spacial score (nSPS) is 10.7. The first-order valence-corrected chi connectivity index (χ1v) is 5.13. The summed E-state index contributed by atoms with van der Waals surface area (Å²) in [5.74, 6) is 1.46. The van der Waals surface area contributed by atoms with Gasteiger partial charge in [-0.05, 0) is 26.0 Å². The Morgan fingerprint density at radius 3 is 2.73 bits per heavy atom. The largest absolute Gasteiger partial charge is 0.384 e. The van der Waals surface area contributed by atoms with E-state index in [-0.39, 0.29) is 0 Å². The van der Waals surface area contributed by atoms with Gasteiger partial charge < -0.3 is 15.4 Å². The fourth-order valence-corrected chi connectivity index (χ4v) is 1.43. The van der Waals surface area contributed by atoms with Crippen LogP contribution in [0.2, 0.25) is 0 Å². The van der Waals surface area contributed by atoms with E-state index in [4.69, 9.17) is 10.5 Å². The minimum Gasteiger partial charge on any atom is -0.384 e. The van der Waals surface area contributed by atoms with Crippen molar-refractivity contribution < 1.29 is 4.74 Å². The van der Waals surface area contributed by atoms with E-state index in [0.717, 1.165) is 12.4 Å². The second-order valence-corrected chi connectivity index (χ2v) is 3.70. The third-order valence-corrected chi connectivity index (χ3v) is 2.21. The summed E-state index contributed by atoms with van der Waals surface area (Å²) in [4.78, 5) is 6.46. The van der Waals surface area contributed by atoms with Crippen LogP contribution in [0, 0.1) is 0 Å². The number of pyridine rings is 1. The maximum Gasteiger partial charge on any atom is 0.131 e. The average molecular weight is 209 g/mol. The predicted octanol–water partition coefficient (Wildman–Crippen LogP) is 1.53. The highest BCUT2D eigenvalue weighted by molar-refractivity contribution is 5.45. The smallest absolute Gasteiger partial charge is 0.131 e. The van der Waals surface area contributed by atoms with Crippen molar-refractivity contribution in [3.05, 3.63) is 18.2 Å². The average Bonchev–Trinajstić information content (AvgIpc) is 2.18. The summed E-state index contributed by atoms with van der Waals surface area (Å²) in [6.07, 6.45) is 0. The summed E-state index contributed by atoms with van der Waals surface area (Å²) < 4.78 is 5.07. The molecule has 0 amide bonds. The van der Waals surface area contributed by atoms with Crippen molar-refractivity contribution in [2.45, 2.75) is 19.9 Å². The summed E-state index contributed by atoms with van der Waals surface area (Å²) in [5, 5.41) is 0. The van der Waals surface area contributed by atoms with Crippen LogP contribution in [0.4, 0.5) is 11.6 Å². The zero-order valence-electron chi connectivity index (χ0n) is 9.60. The Bertz CT molecular complexity index is 302. The molecule has 2 N–H and O–H groups in total. The Morgan fingerprint density at radius 1 is 1.47 bits per heavy atom. The molecule has 1 heterocycles. The summed E-state index contributed by atoms with van der Waals surface area (Å²) in [6, 6.07) is 6.05. The lowest BCUT2D eigenvalue weighted by molar-refractivity contribution is 0.203. The minimum atomic E-state index is 0.384. The topological polar surface area (TPSA) is 51.4 Å². The predicted molar refractivity (Wildman–Crippen MR) is 63.0 cm³/mol. The maximum atomic E-state index is 5.66. The van der Waals surface area contributed by atoms with Crippen molar-refractivity contribution in [1.29, 1.82) is 0 Å². The van der Waals surface area contributed by atoms with Gasteiger partial charge in [0, 0.05) is 19.7 Å². The first kappa shape index (κ1) is 11.8. The van der Waals surface area contributed by atoms with Gasteiger partial charge in [0.2, 0.25) is 0 Å². The van der Waals surface area contributed by atoms with Crippen LogP contribution >= 0.6 is 0 Å². The second-order valence-electron chi connectivity index (χ2n) is 3.70. The molecular formula is C11H19N3O. The molecule has 4 nitrogen and oxygen atoms in total. The summed E-state index contributed by atoms with van der Waals surface area (Å²) in [5.41, 5.74) is 5.66. The highest BCUT2D eigenvalue weighted by Gasteiger charge is 2.11. The molecule has 0 aliphatic heterocycles. The Morgan fingerprint density at radius 2 is 2.20 bits per heavy atom. The van der Waals surface area contributed by atoms with Crippen molar-refractivity contribution in [2.75, 3.05) is 30.9 Å². The van der Waals surface area contributed by atoms with Gasteiger partial charge in [-0.25, -0.2) is 4.98 Å². The summed E-state index contributed by atoms with van der Waals surface area (Å²) in [6.45, 7) is 5.76. The Kier molecular flexibility index (Phi) is 4.37. The number of hydrogen-bond donors (Lipinski definition) is 1. The van der Waals surface area contributed by atoms with Crippen LogP contribution < -0.4 is 10.6 Å². The molecule has 0 fully saturated rings. The van der Waals surface area contributed by atoms with Gasteiger partial charge in [0.05, 0.1) is 6.61 Å². The molecule has 0 aliphatic rings. The van der Waals surface area contributed by atoms with E-state index < -0.39 is 0 Å². The molecule has 84 valence electrons. The van der Waals surface area contributed by atoms with Crippen LogP contribution in [0.25, 0.3) is 0 Å². The van der Waals surface area contributed by atoms with Gasteiger partial charge >= 0.3 is 0 Å². The standard InChI is InChI=1S/C11H19N3O/c1-9(2)14(7-8-15-3)11-6-4-5-10(12)13-11/h4-6,9H,7-8H2,1-3H3,(H2,12,13). The number of anilines is 2. The lowest BCUT2D eigenvalue weighted by Crippen LogP contribution is -2.34. The number of hydrogen-bond acceptors (Lipinski definition) is 4.